The Labute approximate surface area is 207 Å². The van der Waals surface area contributed by atoms with Gasteiger partial charge in [-0.05, 0) is 60.2 Å². The van der Waals surface area contributed by atoms with Gasteiger partial charge in [0.25, 0.3) is 0 Å². The third kappa shape index (κ3) is 6.18. The molecule has 0 spiro atoms. The van der Waals surface area contributed by atoms with Crippen molar-refractivity contribution in [2.45, 2.75) is 70.5 Å². The molecular weight excluding hydrogens is 444 g/mol. The molecule has 1 N–H and O–H groups in total. The maximum absolute atomic E-state index is 13.5. The van der Waals surface area contributed by atoms with Crippen molar-refractivity contribution in [3.8, 4) is 0 Å². The maximum Gasteiger partial charge on any atom is 0.242 e. The zero-order valence-electron chi connectivity index (χ0n) is 19.8. The predicted octanol–water partition coefficient (Wildman–Crippen LogP) is 6.29. The van der Waals surface area contributed by atoms with Gasteiger partial charge in [0.05, 0.1) is 0 Å². The number of hydrogen-bond acceptors (Lipinski definition) is 2. The molecule has 0 aliphatic heterocycles. The number of amides is 2. The summed E-state index contributed by atoms with van der Waals surface area (Å²) in [6.07, 6.45) is 6.55. The standard InChI is InChI=1S/C29H33ClN2O2/c1-21(29(34)31-26-11-3-2-4-12-26)32(20-22-14-17-25(30)18-15-22)28(33)19-16-24-10-7-9-23-8-5-6-13-27(23)24/h5-10,13-15,17-18,21,26H,2-4,11-12,16,19-20H2,1H3,(H,31,34). The van der Waals surface area contributed by atoms with E-state index >= 15 is 0 Å². The van der Waals surface area contributed by atoms with Gasteiger partial charge in [-0.3, -0.25) is 9.59 Å². The lowest BCUT2D eigenvalue weighted by Gasteiger charge is -2.31. The Morgan fingerprint density at radius 1 is 0.971 bits per heavy atom. The van der Waals surface area contributed by atoms with Crippen molar-refractivity contribution in [2.24, 2.45) is 0 Å². The molecule has 0 heterocycles. The van der Waals surface area contributed by atoms with Gasteiger partial charge in [-0.1, -0.05) is 85.5 Å². The van der Waals surface area contributed by atoms with E-state index in [1.165, 1.54) is 17.2 Å². The van der Waals surface area contributed by atoms with Gasteiger partial charge in [0.15, 0.2) is 0 Å². The van der Waals surface area contributed by atoms with Crippen LogP contribution in [0.1, 0.15) is 56.6 Å². The molecule has 3 aromatic carbocycles. The zero-order valence-corrected chi connectivity index (χ0v) is 20.6. The molecular formula is C29H33ClN2O2. The number of hydrogen-bond donors (Lipinski definition) is 1. The third-order valence-electron chi connectivity index (χ3n) is 6.87. The van der Waals surface area contributed by atoms with Crippen molar-refractivity contribution in [1.82, 2.24) is 10.2 Å². The second-order valence-corrected chi connectivity index (χ2v) is 9.74. The average molecular weight is 477 g/mol. The quantitative estimate of drug-likeness (QED) is 0.415. The highest BCUT2D eigenvalue weighted by atomic mass is 35.5. The van der Waals surface area contributed by atoms with Crippen LogP contribution in [0.4, 0.5) is 0 Å². The summed E-state index contributed by atoms with van der Waals surface area (Å²) < 4.78 is 0. The average Bonchev–Trinajstić information content (AvgIpc) is 2.87. The van der Waals surface area contributed by atoms with Crippen LogP contribution in [-0.4, -0.2) is 28.8 Å². The lowest BCUT2D eigenvalue weighted by Crippen LogP contribution is -2.50. The van der Waals surface area contributed by atoms with E-state index in [2.05, 4.69) is 29.6 Å². The largest absolute Gasteiger partial charge is 0.352 e. The molecule has 1 atom stereocenters. The molecule has 3 aromatic rings. The molecule has 2 amide bonds. The maximum atomic E-state index is 13.5. The number of rotatable bonds is 8. The molecule has 4 nitrogen and oxygen atoms in total. The fraction of sp³-hybridized carbons (Fsp3) is 0.379. The van der Waals surface area contributed by atoms with Crippen LogP contribution >= 0.6 is 11.6 Å². The second kappa shape index (κ2) is 11.5. The Bertz CT molecular complexity index is 1120. The molecule has 5 heteroatoms. The normalized spacial score (nSPS) is 15.1. The molecule has 0 saturated heterocycles. The Hall–Kier alpha value is -2.85. The Kier molecular flexibility index (Phi) is 8.23. The molecule has 34 heavy (non-hydrogen) atoms. The van der Waals surface area contributed by atoms with Crippen LogP contribution in [0.15, 0.2) is 66.7 Å². The summed E-state index contributed by atoms with van der Waals surface area (Å²) in [6, 6.07) is 21.6. The minimum absolute atomic E-state index is 0.0193. The highest BCUT2D eigenvalue weighted by Crippen LogP contribution is 2.22. The summed E-state index contributed by atoms with van der Waals surface area (Å²) >= 11 is 6.05. The first kappa shape index (κ1) is 24.3. The molecule has 1 aliphatic rings. The summed E-state index contributed by atoms with van der Waals surface area (Å²) in [7, 11) is 0. The van der Waals surface area contributed by atoms with Crippen LogP contribution < -0.4 is 5.32 Å². The Morgan fingerprint density at radius 3 is 2.44 bits per heavy atom. The number of nitrogens with zero attached hydrogens (tertiary/aromatic N) is 1. The van der Waals surface area contributed by atoms with Crippen LogP contribution in [0.3, 0.4) is 0 Å². The van der Waals surface area contributed by atoms with Gasteiger partial charge in [-0.2, -0.15) is 0 Å². The van der Waals surface area contributed by atoms with E-state index in [-0.39, 0.29) is 17.9 Å². The van der Waals surface area contributed by atoms with Crippen molar-refractivity contribution < 1.29 is 9.59 Å². The summed E-state index contributed by atoms with van der Waals surface area (Å²) in [5, 5.41) is 6.19. The molecule has 178 valence electrons. The Balaban J connectivity index is 1.49. The minimum atomic E-state index is -0.544. The van der Waals surface area contributed by atoms with Gasteiger partial charge in [-0.25, -0.2) is 0 Å². The number of nitrogens with one attached hydrogen (secondary N) is 1. The second-order valence-electron chi connectivity index (χ2n) is 9.31. The molecule has 0 bridgehead atoms. The summed E-state index contributed by atoms with van der Waals surface area (Å²) in [6.45, 7) is 2.22. The molecule has 1 aliphatic carbocycles. The number of aryl methyl sites for hydroxylation is 1. The molecule has 1 unspecified atom stereocenters. The summed E-state index contributed by atoms with van der Waals surface area (Å²) in [4.78, 5) is 28.3. The predicted molar refractivity (Wildman–Crippen MR) is 139 cm³/mol. The highest BCUT2D eigenvalue weighted by Gasteiger charge is 2.28. The van der Waals surface area contributed by atoms with E-state index < -0.39 is 6.04 Å². The lowest BCUT2D eigenvalue weighted by atomic mass is 9.95. The topological polar surface area (TPSA) is 49.4 Å². The van der Waals surface area contributed by atoms with Gasteiger partial charge >= 0.3 is 0 Å². The molecule has 0 aromatic heterocycles. The first-order valence-electron chi connectivity index (χ1n) is 12.3. The number of carbonyl (C=O) groups is 2. The summed E-state index contributed by atoms with van der Waals surface area (Å²) in [5.41, 5.74) is 2.11. The number of benzene rings is 3. The zero-order chi connectivity index (χ0) is 23.9. The number of halogens is 1. The van der Waals surface area contributed by atoms with Crippen molar-refractivity contribution in [2.75, 3.05) is 0 Å². The van der Waals surface area contributed by atoms with Gasteiger partial charge in [0, 0.05) is 24.0 Å². The molecule has 1 saturated carbocycles. The van der Waals surface area contributed by atoms with Gasteiger partial charge in [0.2, 0.25) is 11.8 Å². The smallest absolute Gasteiger partial charge is 0.242 e. The van der Waals surface area contributed by atoms with E-state index in [9.17, 15) is 9.59 Å². The minimum Gasteiger partial charge on any atom is -0.352 e. The lowest BCUT2D eigenvalue weighted by molar-refractivity contribution is -0.141. The van der Waals surface area contributed by atoms with Crippen molar-refractivity contribution >= 4 is 34.2 Å². The number of fused-ring (bicyclic) bond motifs is 1. The van der Waals surface area contributed by atoms with Crippen LogP contribution in [0, 0.1) is 0 Å². The first-order chi connectivity index (χ1) is 16.5. The fourth-order valence-electron chi connectivity index (χ4n) is 4.83. The fourth-order valence-corrected chi connectivity index (χ4v) is 4.96. The van der Waals surface area contributed by atoms with Gasteiger partial charge in [-0.15, -0.1) is 0 Å². The van der Waals surface area contributed by atoms with Gasteiger partial charge < -0.3 is 10.2 Å². The molecule has 0 radical (unpaired) electrons. The SMILES string of the molecule is CC(C(=O)NC1CCCCC1)N(Cc1ccc(Cl)cc1)C(=O)CCc1cccc2ccccc12. The van der Waals surface area contributed by atoms with E-state index in [0.717, 1.165) is 36.8 Å². The van der Waals surface area contributed by atoms with E-state index in [1.54, 1.807) is 4.90 Å². The van der Waals surface area contributed by atoms with Crippen LogP contribution in [0.5, 0.6) is 0 Å². The van der Waals surface area contributed by atoms with Crippen LogP contribution in [-0.2, 0) is 22.6 Å². The molecule has 4 rings (SSSR count). The van der Waals surface area contributed by atoms with E-state index in [0.29, 0.717) is 24.4 Å². The van der Waals surface area contributed by atoms with Crippen LogP contribution in [0.25, 0.3) is 10.8 Å². The van der Waals surface area contributed by atoms with Crippen molar-refractivity contribution in [3.63, 3.8) is 0 Å². The van der Waals surface area contributed by atoms with Crippen molar-refractivity contribution in [3.05, 3.63) is 82.9 Å². The van der Waals surface area contributed by atoms with E-state index in [4.69, 9.17) is 11.6 Å². The Morgan fingerprint density at radius 2 is 1.68 bits per heavy atom. The highest BCUT2D eigenvalue weighted by molar-refractivity contribution is 6.30. The monoisotopic (exact) mass is 476 g/mol. The summed E-state index contributed by atoms with van der Waals surface area (Å²) in [5.74, 6) is -0.0893. The number of carbonyl (C=O) groups excluding carboxylic acids is 2. The first-order valence-corrected chi connectivity index (χ1v) is 12.7. The van der Waals surface area contributed by atoms with Gasteiger partial charge in [0.1, 0.15) is 6.04 Å². The van der Waals surface area contributed by atoms with E-state index in [1.807, 2.05) is 49.4 Å². The van der Waals surface area contributed by atoms with Crippen LogP contribution in [0.2, 0.25) is 5.02 Å². The van der Waals surface area contributed by atoms with Crippen molar-refractivity contribution in [1.29, 1.82) is 0 Å². The third-order valence-corrected chi connectivity index (χ3v) is 7.13. The molecule has 1 fully saturated rings.